The van der Waals surface area contributed by atoms with E-state index in [9.17, 15) is 4.79 Å². The van der Waals surface area contributed by atoms with Crippen molar-refractivity contribution in [2.75, 3.05) is 6.61 Å². The Kier molecular flexibility index (Phi) is 4.94. The molecule has 1 aromatic carbocycles. The molecule has 0 aliphatic carbocycles. The van der Waals surface area contributed by atoms with Gasteiger partial charge in [-0.1, -0.05) is 43.7 Å². The number of benzene rings is 1. The fourth-order valence-corrected chi connectivity index (χ4v) is 1.21. The Morgan fingerprint density at radius 1 is 1.36 bits per heavy atom. The zero-order chi connectivity index (χ0) is 10.2. The lowest BCUT2D eigenvalue weighted by Gasteiger charge is -2.11. The summed E-state index contributed by atoms with van der Waals surface area (Å²) in [4.78, 5) is 10.8. The average molecular weight is 192 g/mol. The third-order valence-electron chi connectivity index (χ3n) is 2.05. The molecule has 0 bridgehead atoms. The fourth-order valence-electron chi connectivity index (χ4n) is 1.21. The van der Waals surface area contributed by atoms with Crippen molar-refractivity contribution in [3.8, 4) is 0 Å². The molecule has 0 aliphatic rings. The second kappa shape index (κ2) is 6.33. The van der Waals surface area contributed by atoms with Gasteiger partial charge in [-0.3, -0.25) is 0 Å². The summed E-state index contributed by atoms with van der Waals surface area (Å²) in [5, 5.41) is 0. The van der Waals surface area contributed by atoms with Crippen molar-refractivity contribution in [2.24, 2.45) is 0 Å². The average Bonchev–Trinajstić information content (AvgIpc) is 2.26. The van der Waals surface area contributed by atoms with Gasteiger partial charge in [0, 0.05) is 6.61 Å². The van der Waals surface area contributed by atoms with E-state index in [-0.39, 0.29) is 0 Å². The Hall–Kier alpha value is -1.15. The molecular formula is C12H16O2. The minimum Gasteiger partial charge on any atom is -0.366 e. The number of rotatable bonds is 6. The van der Waals surface area contributed by atoms with E-state index in [4.69, 9.17) is 4.74 Å². The number of carbonyl (C=O) groups is 1. The van der Waals surface area contributed by atoms with E-state index in [0.29, 0.717) is 6.61 Å². The Morgan fingerprint density at radius 3 is 2.64 bits per heavy atom. The van der Waals surface area contributed by atoms with E-state index in [0.717, 1.165) is 24.7 Å². The van der Waals surface area contributed by atoms with Crippen molar-refractivity contribution < 1.29 is 9.53 Å². The molecule has 0 heterocycles. The fraction of sp³-hybridized carbons (Fsp3) is 0.417. The minimum absolute atomic E-state index is 0.400. The molecule has 1 aromatic rings. The van der Waals surface area contributed by atoms with Crippen LogP contribution in [0.4, 0.5) is 0 Å². The number of aldehydes is 1. The molecule has 0 saturated carbocycles. The first-order valence-corrected chi connectivity index (χ1v) is 5.00. The molecule has 0 fully saturated rings. The van der Waals surface area contributed by atoms with E-state index in [1.54, 1.807) is 0 Å². The van der Waals surface area contributed by atoms with Crippen molar-refractivity contribution in [3.05, 3.63) is 35.9 Å². The summed E-state index contributed by atoms with van der Waals surface area (Å²) in [6, 6.07) is 9.57. The maximum absolute atomic E-state index is 10.8. The highest BCUT2D eigenvalue weighted by molar-refractivity contribution is 5.59. The van der Waals surface area contributed by atoms with Crippen LogP contribution in [0.3, 0.4) is 0 Å². The lowest BCUT2D eigenvalue weighted by molar-refractivity contribution is -0.118. The van der Waals surface area contributed by atoms with Gasteiger partial charge in [0.05, 0.1) is 0 Å². The van der Waals surface area contributed by atoms with Crippen LogP contribution in [0.2, 0.25) is 0 Å². The second-order valence-electron chi connectivity index (χ2n) is 3.19. The highest BCUT2D eigenvalue weighted by Gasteiger charge is 2.08. The van der Waals surface area contributed by atoms with Gasteiger partial charge < -0.3 is 9.53 Å². The van der Waals surface area contributed by atoms with Crippen LogP contribution in [0.1, 0.15) is 31.4 Å². The van der Waals surface area contributed by atoms with Crippen molar-refractivity contribution in [3.63, 3.8) is 0 Å². The maximum Gasteiger partial charge on any atom is 0.153 e. The van der Waals surface area contributed by atoms with Crippen molar-refractivity contribution in [1.82, 2.24) is 0 Å². The van der Waals surface area contributed by atoms with Crippen molar-refractivity contribution in [1.29, 1.82) is 0 Å². The van der Waals surface area contributed by atoms with Crippen molar-refractivity contribution in [2.45, 2.75) is 25.9 Å². The second-order valence-corrected chi connectivity index (χ2v) is 3.19. The van der Waals surface area contributed by atoms with Crippen LogP contribution in [-0.4, -0.2) is 12.9 Å². The van der Waals surface area contributed by atoms with Gasteiger partial charge in [0.1, 0.15) is 6.10 Å². The molecule has 0 aliphatic heterocycles. The molecule has 0 saturated heterocycles. The molecule has 14 heavy (non-hydrogen) atoms. The minimum atomic E-state index is -0.400. The van der Waals surface area contributed by atoms with Gasteiger partial charge in [-0.2, -0.15) is 0 Å². The molecule has 0 spiro atoms. The summed E-state index contributed by atoms with van der Waals surface area (Å²) in [7, 11) is 0. The SMILES string of the molecule is CCCCOC(C=O)c1ccccc1. The molecular weight excluding hydrogens is 176 g/mol. The number of unbranched alkanes of at least 4 members (excludes halogenated alkanes) is 1. The summed E-state index contributed by atoms with van der Waals surface area (Å²) in [6.45, 7) is 2.75. The molecule has 0 aromatic heterocycles. The molecule has 1 rings (SSSR count). The van der Waals surface area contributed by atoms with Gasteiger partial charge in [0.25, 0.3) is 0 Å². The van der Waals surface area contributed by atoms with Crippen LogP contribution in [0.25, 0.3) is 0 Å². The van der Waals surface area contributed by atoms with Crippen LogP contribution in [0, 0.1) is 0 Å². The van der Waals surface area contributed by atoms with Gasteiger partial charge in [-0.15, -0.1) is 0 Å². The molecule has 0 radical (unpaired) electrons. The number of hydrogen-bond acceptors (Lipinski definition) is 2. The van der Waals surface area contributed by atoms with Crippen LogP contribution in [-0.2, 0) is 9.53 Å². The van der Waals surface area contributed by atoms with Gasteiger partial charge in [0.2, 0.25) is 0 Å². The molecule has 1 atom stereocenters. The highest BCUT2D eigenvalue weighted by atomic mass is 16.5. The first kappa shape index (κ1) is 10.9. The van der Waals surface area contributed by atoms with Gasteiger partial charge in [0.15, 0.2) is 6.29 Å². The lowest BCUT2D eigenvalue weighted by atomic mass is 10.1. The predicted octanol–water partition coefficient (Wildman–Crippen LogP) is 2.74. The predicted molar refractivity (Wildman–Crippen MR) is 56.1 cm³/mol. The van der Waals surface area contributed by atoms with Crippen LogP contribution < -0.4 is 0 Å². The largest absolute Gasteiger partial charge is 0.366 e. The topological polar surface area (TPSA) is 26.3 Å². The zero-order valence-electron chi connectivity index (χ0n) is 8.48. The molecule has 0 amide bonds. The zero-order valence-corrected chi connectivity index (χ0v) is 8.48. The summed E-state index contributed by atoms with van der Waals surface area (Å²) in [5.74, 6) is 0. The van der Waals surface area contributed by atoms with Gasteiger partial charge in [-0.25, -0.2) is 0 Å². The Bertz CT molecular complexity index is 256. The van der Waals surface area contributed by atoms with E-state index >= 15 is 0 Å². The highest BCUT2D eigenvalue weighted by Crippen LogP contribution is 2.14. The lowest BCUT2D eigenvalue weighted by Crippen LogP contribution is -2.06. The number of ether oxygens (including phenoxy) is 1. The Balaban J connectivity index is 2.50. The Morgan fingerprint density at radius 2 is 2.07 bits per heavy atom. The quantitative estimate of drug-likeness (QED) is 0.511. The van der Waals surface area contributed by atoms with Crippen molar-refractivity contribution >= 4 is 6.29 Å². The third-order valence-corrected chi connectivity index (χ3v) is 2.05. The molecule has 76 valence electrons. The van der Waals surface area contributed by atoms with Crippen LogP contribution in [0.15, 0.2) is 30.3 Å². The monoisotopic (exact) mass is 192 g/mol. The molecule has 0 N–H and O–H groups in total. The molecule has 1 unspecified atom stereocenters. The summed E-state index contributed by atoms with van der Waals surface area (Å²) in [6.07, 6.45) is 2.53. The normalized spacial score (nSPS) is 12.4. The van der Waals surface area contributed by atoms with E-state index in [1.165, 1.54) is 0 Å². The third kappa shape index (κ3) is 3.30. The first-order chi connectivity index (χ1) is 6.88. The molecule has 2 nitrogen and oxygen atoms in total. The van der Waals surface area contributed by atoms with E-state index in [2.05, 4.69) is 6.92 Å². The summed E-state index contributed by atoms with van der Waals surface area (Å²) in [5.41, 5.74) is 0.929. The summed E-state index contributed by atoms with van der Waals surface area (Å²) >= 11 is 0. The summed E-state index contributed by atoms with van der Waals surface area (Å²) < 4.78 is 5.45. The Labute approximate surface area is 84.9 Å². The van der Waals surface area contributed by atoms with Crippen LogP contribution in [0.5, 0.6) is 0 Å². The smallest absolute Gasteiger partial charge is 0.153 e. The van der Waals surface area contributed by atoms with Gasteiger partial charge in [-0.05, 0) is 12.0 Å². The number of carbonyl (C=O) groups excluding carboxylic acids is 1. The molecule has 2 heteroatoms. The maximum atomic E-state index is 10.8. The van der Waals surface area contributed by atoms with Crippen LogP contribution >= 0.6 is 0 Å². The van der Waals surface area contributed by atoms with E-state index < -0.39 is 6.10 Å². The van der Waals surface area contributed by atoms with E-state index in [1.807, 2.05) is 30.3 Å². The van der Waals surface area contributed by atoms with Gasteiger partial charge >= 0.3 is 0 Å². The number of hydrogen-bond donors (Lipinski definition) is 0. The first-order valence-electron chi connectivity index (χ1n) is 5.00. The standard InChI is InChI=1S/C12H16O2/c1-2-3-9-14-12(10-13)11-7-5-4-6-8-11/h4-8,10,12H,2-3,9H2,1H3.